The Balaban J connectivity index is 0.000000209. The van der Waals surface area contributed by atoms with Gasteiger partial charge < -0.3 is 9.79 Å². The molecule has 0 saturated carbocycles. The molecule has 6 nitrogen and oxygen atoms in total. The van der Waals surface area contributed by atoms with E-state index in [-0.39, 0.29) is 5.30 Å². The minimum atomic E-state index is -4.02. The molecule has 0 aromatic heterocycles. The van der Waals surface area contributed by atoms with Gasteiger partial charge in [0.25, 0.3) is 0 Å². The molecule has 0 amide bonds. The fourth-order valence-corrected chi connectivity index (χ4v) is 2.96. The van der Waals surface area contributed by atoms with Crippen molar-refractivity contribution in [3.63, 3.8) is 0 Å². The summed E-state index contributed by atoms with van der Waals surface area (Å²) in [6.07, 6.45) is 0. The van der Waals surface area contributed by atoms with Gasteiger partial charge in [-0.05, 0) is 36.4 Å². The molecule has 3 aromatic rings. The van der Waals surface area contributed by atoms with Gasteiger partial charge in [0.05, 0.1) is 5.30 Å². The summed E-state index contributed by atoms with van der Waals surface area (Å²) in [5, 5.41) is 0.0648. The van der Waals surface area contributed by atoms with Crippen molar-refractivity contribution in [2.24, 2.45) is 0 Å². The first-order valence-corrected chi connectivity index (χ1v) is 10.2. The largest absolute Gasteiger partial charge is 0.805 e. The van der Waals surface area contributed by atoms with Crippen LogP contribution in [0.25, 0.3) is 0 Å². The Labute approximate surface area is 152 Å². The van der Waals surface area contributed by atoms with Crippen molar-refractivity contribution in [1.82, 2.24) is 0 Å². The third-order valence-electron chi connectivity index (χ3n) is 2.94. The second-order valence-electron chi connectivity index (χ2n) is 4.91. The molecule has 0 aliphatic heterocycles. The van der Waals surface area contributed by atoms with E-state index in [4.69, 9.17) is 18.8 Å². The molecule has 3 aromatic carbocycles. The molecule has 2 N–H and O–H groups in total. The van der Waals surface area contributed by atoms with Gasteiger partial charge in [-0.3, -0.25) is 4.57 Å². The van der Waals surface area contributed by atoms with Crippen LogP contribution in [0.1, 0.15) is 0 Å². The maximum atomic E-state index is 11.5. The molecule has 26 heavy (non-hydrogen) atoms. The van der Waals surface area contributed by atoms with Crippen LogP contribution in [0.15, 0.2) is 91.0 Å². The Bertz CT molecular complexity index is 807. The fraction of sp³-hybridized carbons (Fsp3) is 0. The first kappa shape index (κ1) is 19.8. The third kappa shape index (κ3) is 7.18. The normalized spacial score (nSPS) is 10.2. The van der Waals surface area contributed by atoms with E-state index in [1.807, 2.05) is 12.1 Å². The Morgan fingerprint density at radius 2 is 1.00 bits per heavy atom. The standard InChI is InChI=1S/C12H10O3P.C6H7O3P/c13-16(14-11-7-3-1-4-8-11)15-12-9-5-2-6-10-12;7-10(8,9)6-4-2-1-3-5-6/h1-10H;1-5H,(H2,7,8,9)/q+1;. The molecule has 0 heterocycles. The predicted octanol–water partition coefficient (Wildman–Crippen LogP) is 4.29. The van der Waals surface area contributed by atoms with E-state index in [1.54, 1.807) is 66.7 Å². The van der Waals surface area contributed by atoms with E-state index in [0.29, 0.717) is 11.5 Å². The summed E-state index contributed by atoms with van der Waals surface area (Å²) in [7, 11) is -6.20. The lowest BCUT2D eigenvalue weighted by atomic mass is 10.3. The molecule has 0 radical (unpaired) electrons. The molecule has 0 aliphatic rings. The van der Waals surface area contributed by atoms with E-state index >= 15 is 0 Å². The Kier molecular flexibility index (Phi) is 7.52. The van der Waals surface area contributed by atoms with Crippen LogP contribution in [0.2, 0.25) is 0 Å². The molecular weight excluding hydrogens is 374 g/mol. The minimum Gasteiger partial charge on any atom is -0.321 e. The zero-order chi connectivity index (χ0) is 18.8. The fourth-order valence-electron chi connectivity index (χ4n) is 1.78. The summed E-state index contributed by atoms with van der Waals surface area (Å²) in [5.41, 5.74) is 0. The lowest BCUT2D eigenvalue weighted by Gasteiger charge is -2.00. The van der Waals surface area contributed by atoms with Gasteiger partial charge in [0.15, 0.2) is 11.5 Å². The second kappa shape index (κ2) is 9.85. The molecule has 0 bridgehead atoms. The van der Waals surface area contributed by atoms with Gasteiger partial charge >= 0.3 is 15.9 Å². The van der Waals surface area contributed by atoms with Crippen molar-refractivity contribution in [1.29, 1.82) is 0 Å². The van der Waals surface area contributed by atoms with Gasteiger partial charge in [-0.1, -0.05) is 54.6 Å². The van der Waals surface area contributed by atoms with Crippen molar-refractivity contribution >= 4 is 21.2 Å². The minimum absolute atomic E-state index is 0.0648. The maximum absolute atomic E-state index is 11.5. The predicted molar refractivity (Wildman–Crippen MR) is 99.9 cm³/mol. The molecule has 0 saturated heterocycles. The van der Waals surface area contributed by atoms with Gasteiger partial charge in [0, 0.05) is 4.57 Å². The van der Waals surface area contributed by atoms with Crippen molar-refractivity contribution in [3.8, 4) is 11.5 Å². The molecule has 0 atom stereocenters. The van der Waals surface area contributed by atoms with E-state index in [0.717, 1.165) is 0 Å². The molecule has 0 fully saturated rings. The van der Waals surface area contributed by atoms with Gasteiger partial charge in [-0.2, -0.15) is 0 Å². The van der Waals surface area contributed by atoms with E-state index in [2.05, 4.69) is 0 Å². The van der Waals surface area contributed by atoms with Crippen LogP contribution < -0.4 is 14.4 Å². The molecule has 134 valence electrons. The topological polar surface area (TPSA) is 93.1 Å². The second-order valence-corrected chi connectivity index (χ2v) is 7.33. The number of rotatable bonds is 5. The van der Waals surface area contributed by atoms with E-state index in [9.17, 15) is 9.13 Å². The monoisotopic (exact) mass is 391 g/mol. The van der Waals surface area contributed by atoms with Crippen LogP contribution in [0.3, 0.4) is 0 Å². The summed E-state index contributed by atoms with van der Waals surface area (Å²) in [6, 6.07) is 25.5. The smallest absolute Gasteiger partial charge is 0.321 e. The molecule has 8 heteroatoms. The van der Waals surface area contributed by atoms with Gasteiger partial charge in [0.1, 0.15) is 0 Å². The summed E-state index contributed by atoms with van der Waals surface area (Å²) in [6.45, 7) is 0. The first-order valence-electron chi connectivity index (χ1n) is 7.49. The zero-order valence-electron chi connectivity index (χ0n) is 13.6. The highest BCUT2D eigenvalue weighted by molar-refractivity contribution is 7.60. The van der Waals surface area contributed by atoms with Crippen LogP contribution in [0.4, 0.5) is 0 Å². The number of benzene rings is 3. The van der Waals surface area contributed by atoms with Crippen molar-refractivity contribution in [3.05, 3.63) is 91.0 Å². The Morgan fingerprint density at radius 1 is 0.654 bits per heavy atom. The number of hydrogen-bond donors (Lipinski definition) is 2. The quantitative estimate of drug-likeness (QED) is 0.631. The van der Waals surface area contributed by atoms with Crippen LogP contribution in [-0.4, -0.2) is 9.79 Å². The van der Waals surface area contributed by atoms with Crippen LogP contribution in [-0.2, 0) is 9.13 Å². The van der Waals surface area contributed by atoms with Gasteiger partial charge in [0.2, 0.25) is 0 Å². The highest BCUT2D eigenvalue weighted by Crippen LogP contribution is 2.32. The van der Waals surface area contributed by atoms with Crippen LogP contribution >= 0.6 is 15.9 Å². The highest BCUT2D eigenvalue weighted by atomic mass is 31.2. The summed E-state index contributed by atoms with van der Waals surface area (Å²) in [4.78, 5) is 17.2. The lowest BCUT2D eigenvalue weighted by Crippen LogP contribution is -2.01. The molecule has 0 aliphatic carbocycles. The molecule has 3 rings (SSSR count). The SMILES string of the molecule is O=P(O)(O)c1ccccc1.O=[P+](Oc1ccccc1)Oc1ccccc1. The zero-order valence-corrected chi connectivity index (χ0v) is 15.4. The first-order chi connectivity index (χ1) is 12.4. The van der Waals surface area contributed by atoms with Crippen molar-refractivity contribution < 1.29 is 28.0 Å². The van der Waals surface area contributed by atoms with Crippen LogP contribution in [0.5, 0.6) is 11.5 Å². The van der Waals surface area contributed by atoms with Gasteiger partial charge in [-0.25, -0.2) is 9.05 Å². The van der Waals surface area contributed by atoms with E-state index < -0.39 is 15.9 Å². The number of hydrogen-bond acceptors (Lipinski definition) is 4. The van der Waals surface area contributed by atoms with Crippen LogP contribution in [0, 0.1) is 0 Å². The maximum Gasteiger partial charge on any atom is 0.805 e. The summed E-state index contributed by atoms with van der Waals surface area (Å²) < 4.78 is 32.2. The van der Waals surface area contributed by atoms with Gasteiger partial charge in [-0.15, -0.1) is 0 Å². The lowest BCUT2D eigenvalue weighted by molar-refractivity contribution is 0.387. The third-order valence-corrected chi connectivity index (χ3v) is 4.63. The molecular formula is C18H17O6P2+. The Hall–Kier alpha value is -2.49. The van der Waals surface area contributed by atoms with E-state index in [1.165, 1.54) is 12.1 Å². The summed E-state index contributed by atoms with van der Waals surface area (Å²) >= 11 is 0. The molecule has 0 spiro atoms. The average Bonchev–Trinajstić information content (AvgIpc) is 2.64. The van der Waals surface area contributed by atoms with Crippen molar-refractivity contribution in [2.45, 2.75) is 0 Å². The molecule has 0 unspecified atom stereocenters. The average molecular weight is 391 g/mol. The highest BCUT2D eigenvalue weighted by Gasteiger charge is 2.23. The van der Waals surface area contributed by atoms with Crippen molar-refractivity contribution in [2.75, 3.05) is 0 Å². The number of para-hydroxylation sites is 2. The summed E-state index contributed by atoms with van der Waals surface area (Å²) in [5.74, 6) is 1.05. The Morgan fingerprint density at radius 3 is 1.31 bits per heavy atom.